The maximum atomic E-state index is 13.9. The van der Waals surface area contributed by atoms with Gasteiger partial charge in [-0.3, -0.25) is 4.79 Å². The molecule has 0 bridgehead atoms. The maximum Gasteiger partial charge on any atom is 0.453 e. The van der Waals surface area contributed by atoms with Crippen LogP contribution in [0.2, 0.25) is 0 Å². The maximum absolute atomic E-state index is 13.9. The lowest BCUT2D eigenvalue weighted by molar-refractivity contribution is -0.154. The van der Waals surface area contributed by atoms with Gasteiger partial charge in [-0.25, -0.2) is 4.79 Å². The van der Waals surface area contributed by atoms with Crippen molar-refractivity contribution in [3.8, 4) is 17.2 Å². The zero-order valence-corrected chi connectivity index (χ0v) is 20.1. The molecule has 0 fully saturated rings. The van der Waals surface area contributed by atoms with Gasteiger partial charge in [-0.05, 0) is 60.9 Å². The molecule has 0 aliphatic rings. The number of carbonyl (C=O) groups excluding carboxylic acids is 1. The molecule has 0 radical (unpaired) electrons. The third-order valence-electron chi connectivity index (χ3n) is 5.48. The number of carbonyl (C=O) groups is 1. The summed E-state index contributed by atoms with van der Waals surface area (Å²) in [7, 11) is 0. The average molecular weight is 512 g/mol. The van der Waals surface area contributed by atoms with Gasteiger partial charge in [0, 0.05) is 6.07 Å². The molecule has 0 aliphatic heterocycles. The van der Waals surface area contributed by atoms with Crippen LogP contribution in [0, 0.1) is 6.92 Å². The molecule has 4 rings (SSSR count). The summed E-state index contributed by atoms with van der Waals surface area (Å²) in [5, 5.41) is -0.106. The molecule has 1 heterocycles. The van der Waals surface area contributed by atoms with Crippen LogP contribution in [0.5, 0.6) is 17.2 Å². The van der Waals surface area contributed by atoms with Crippen molar-refractivity contribution in [2.24, 2.45) is 0 Å². The fraction of sp³-hybridized carbons (Fsp3) is 0.214. The van der Waals surface area contributed by atoms with Crippen molar-refractivity contribution in [2.75, 3.05) is 6.61 Å². The smallest absolute Gasteiger partial charge is 0.453 e. The zero-order valence-electron chi connectivity index (χ0n) is 20.1. The highest BCUT2D eigenvalue weighted by Gasteiger charge is 2.40. The Morgan fingerprint density at radius 1 is 0.973 bits per heavy atom. The minimum Gasteiger partial charge on any atom is -0.489 e. The SMILES string of the molecule is CCCOC(=O)c1ccc(Oc2c(C(F)(F)F)oc3cc(OCc4ccccc4C)ccc3c2=O)cc1. The van der Waals surface area contributed by atoms with Crippen molar-refractivity contribution in [3.63, 3.8) is 0 Å². The number of esters is 1. The normalized spacial score (nSPS) is 11.4. The Hall–Kier alpha value is -4.27. The molecule has 9 heteroatoms. The van der Waals surface area contributed by atoms with E-state index in [0.717, 1.165) is 11.1 Å². The highest BCUT2D eigenvalue weighted by molar-refractivity contribution is 5.89. The molecule has 0 saturated carbocycles. The van der Waals surface area contributed by atoms with Crippen molar-refractivity contribution in [1.82, 2.24) is 0 Å². The van der Waals surface area contributed by atoms with Gasteiger partial charge in [0.2, 0.25) is 11.2 Å². The molecule has 0 spiro atoms. The van der Waals surface area contributed by atoms with Crippen molar-refractivity contribution in [3.05, 3.63) is 99.4 Å². The highest BCUT2D eigenvalue weighted by Crippen LogP contribution is 2.38. The fourth-order valence-electron chi connectivity index (χ4n) is 3.51. The van der Waals surface area contributed by atoms with E-state index in [9.17, 15) is 22.8 Å². The number of ether oxygens (including phenoxy) is 3. The van der Waals surface area contributed by atoms with E-state index in [1.54, 1.807) is 0 Å². The molecule has 6 nitrogen and oxygen atoms in total. The molecule has 0 amide bonds. The van der Waals surface area contributed by atoms with E-state index < -0.39 is 29.1 Å². The number of benzene rings is 3. The predicted molar refractivity (Wildman–Crippen MR) is 130 cm³/mol. The summed E-state index contributed by atoms with van der Waals surface area (Å²) in [5.74, 6) is -2.99. The summed E-state index contributed by atoms with van der Waals surface area (Å²) in [4.78, 5) is 25.0. The van der Waals surface area contributed by atoms with Crippen LogP contribution in [0.3, 0.4) is 0 Å². The Morgan fingerprint density at radius 3 is 2.35 bits per heavy atom. The van der Waals surface area contributed by atoms with Crippen LogP contribution < -0.4 is 14.9 Å². The molecule has 0 atom stereocenters. The van der Waals surface area contributed by atoms with Gasteiger partial charge >= 0.3 is 12.1 Å². The summed E-state index contributed by atoms with van der Waals surface area (Å²) in [5.41, 5.74) is 0.822. The number of alkyl halides is 3. The van der Waals surface area contributed by atoms with E-state index >= 15 is 0 Å². The van der Waals surface area contributed by atoms with E-state index in [1.165, 1.54) is 42.5 Å². The van der Waals surface area contributed by atoms with E-state index in [2.05, 4.69) is 0 Å². The number of rotatable bonds is 8. The molecule has 37 heavy (non-hydrogen) atoms. The van der Waals surface area contributed by atoms with Crippen molar-refractivity contribution >= 4 is 16.9 Å². The van der Waals surface area contributed by atoms with Gasteiger partial charge in [0.15, 0.2) is 0 Å². The summed E-state index contributed by atoms with van der Waals surface area (Å²) < 4.78 is 62.8. The van der Waals surface area contributed by atoms with Crippen LogP contribution in [0.1, 0.15) is 40.6 Å². The number of hydrogen-bond donors (Lipinski definition) is 0. The fourth-order valence-corrected chi connectivity index (χ4v) is 3.51. The Balaban J connectivity index is 1.64. The van der Waals surface area contributed by atoms with Gasteiger partial charge in [-0.15, -0.1) is 0 Å². The van der Waals surface area contributed by atoms with Gasteiger partial charge < -0.3 is 18.6 Å². The summed E-state index contributed by atoms with van der Waals surface area (Å²) >= 11 is 0. The molecule has 3 aromatic carbocycles. The minimum absolute atomic E-state index is 0.0811. The van der Waals surface area contributed by atoms with Gasteiger partial charge in [0.25, 0.3) is 5.76 Å². The first kappa shape index (κ1) is 25.8. The molecule has 0 saturated heterocycles. The average Bonchev–Trinajstić information content (AvgIpc) is 2.88. The Bertz CT molecular complexity index is 1470. The summed E-state index contributed by atoms with van der Waals surface area (Å²) in [6.45, 7) is 4.19. The van der Waals surface area contributed by atoms with Crippen molar-refractivity contribution in [2.45, 2.75) is 33.1 Å². The lowest BCUT2D eigenvalue weighted by atomic mass is 10.1. The van der Waals surface area contributed by atoms with Crippen molar-refractivity contribution in [1.29, 1.82) is 0 Å². The predicted octanol–water partition coefficient (Wildman–Crippen LogP) is 7.06. The second kappa shape index (κ2) is 10.8. The second-order valence-corrected chi connectivity index (χ2v) is 8.22. The van der Waals surface area contributed by atoms with Crippen LogP contribution in [-0.2, 0) is 17.5 Å². The first-order valence-electron chi connectivity index (χ1n) is 11.5. The monoisotopic (exact) mass is 512 g/mol. The molecule has 0 N–H and O–H groups in total. The first-order chi connectivity index (χ1) is 17.7. The summed E-state index contributed by atoms with van der Waals surface area (Å²) in [6.07, 6.45) is -4.37. The lowest BCUT2D eigenvalue weighted by Crippen LogP contribution is -2.15. The third-order valence-corrected chi connectivity index (χ3v) is 5.48. The molecule has 4 aromatic rings. The van der Waals surface area contributed by atoms with Crippen molar-refractivity contribution < 1.29 is 36.6 Å². The Morgan fingerprint density at radius 2 is 1.68 bits per heavy atom. The van der Waals surface area contributed by atoms with Crippen LogP contribution in [0.15, 0.2) is 75.9 Å². The van der Waals surface area contributed by atoms with E-state index in [0.29, 0.717) is 6.42 Å². The van der Waals surface area contributed by atoms with Gasteiger partial charge in [-0.2, -0.15) is 13.2 Å². The zero-order chi connectivity index (χ0) is 26.6. The second-order valence-electron chi connectivity index (χ2n) is 8.22. The Labute approximate surface area is 210 Å². The molecular weight excluding hydrogens is 489 g/mol. The number of hydrogen-bond acceptors (Lipinski definition) is 6. The number of aryl methyl sites for hydroxylation is 1. The molecular formula is C28H23F3O6. The molecule has 0 aliphatic carbocycles. The minimum atomic E-state index is -5.01. The molecule has 1 aromatic heterocycles. The standard InChI is InChI=1S/C28H23F3O6/c1-3-14-34-27(33)18-8-10-20(11-9-18)36-25-24(32)22-13-12-21(15-23(22)37-26(25)28(29,30)31)35-16-19-7-5-4-6-17(19)2/h4-13,15H,3,14,16H2,1-2H3. The van der Waals surface area contributed by atoms with Crippen LogP contribution in [-0.4, -0.2) is 12.6 Å². The molecule has 0 unspecified atom stereocenters. The van der Waals surface area contributed by atoms with Crippen LogP contribution >= 0.6 is 0 Å². The van der Waals surface area contributed by atoms with E-state index in [1.807, 2.05) is 38.1 Å². The van der Waals surface area contributed by atoms with Crippen LogP contribution in [0.25, 0.3) is 11.0 Å². The Kier molecular flexibility index (Phi) is 7.52. The summed E-state index contributed by atoms with van der Waals surface area (Å²) in [6, 6.07) is 16.8. The van der Waals surface area contributed by atoms with E-state index in [-0.39, 0.29) is 41.2 Å². The largest absolute Gasteiger partial charge is 0.489 e. The number of halogens is 3. The lowest BCUT2D eigenvalue weighted by Gasteiger charge is -2.14. The van der Waals surface area contributed by atoms with Crippen LogP contribution in [0.4, 0.5) is 13.2 Å². The van der Waals surface area contributed by atoms with E-state index in [4.69, 9.17) is 18.6 Å². The quantitative estimate of drug-likeness (QED) is 0.235. The first-order valence-corrected chi connectivity index (χ1v) is 11.5. The van der Waals surface area contributed by atoms with Gasteiger partial charge in [0.1, 0.15) is 23.7 Å². The molecule has 192 valence electrons. The van der Waals surface area contributed by atoms with Gasteiger partial charge in [-0.1, -0.05) is 31.2 Å². The third kappa shape index (κ3) is 5.94. The number of fused-ring (bicyclic) bond motifs is 1. The van der Waals surface area contributed by atoms with Gasteiger partial charge in [0.05, 0.1) is 17.6 Å². The topological polar surface area (TPSA) is 75.0 Å². The highest BCUT2D eigenvalue weighted by atomic mass is 19.4.